The number of amides is 1. The highest BCUT2D eigenvalue weighted by atomic mass is 31.2. The number of anilines is 1. The highest BCUT2D eigenvalue weighted by Gasteiger charge is 2.45. The Kier molecular flexibility index (Phi) is 15.0. The molecule has 2 heterocycles. The maximum atomic E-state index is 13.6. The van der Waals surface area contributed by atoms with Gasteiger partial charge in [0, 0.05) is 31.6 Å². The summed E-state index contributed by atoms with van der Waals surface area (Å²) in [4.78, 5) is 29.5. The molecule has 3 aromatic carbocycles. The Morgan fingerprint density at radius 2 is 1.58 bits per heavy atom. The van der Waals surface area contributed by atoms with Crippen LogP contribution < -0.4 is 20.5 Å². The maximum Gasteiger partial charge on any atom is 0.351 e. The number of nitriles is 1. The fourth-order valence-electron chi connectivity index (χ4n) is 6.87. The largest absolute Gasteiger partial charge is 0.497 e. The van der Waals surface area contributed by atoms with Crippen LogP contribution in [0.25, 0.3) is 0 Å². The Balaban J connectivity index is 1.62. The standard InChI is InChI=1S/C43H50N5O8P/c1-9-32-27-47(42(50)46-41(32)45-31(6)49)40-26-38(56-57(54-25-13-24-44)48(29(2)3)30(4)5)39(55-40)28-53-43(33-14-11-10-12-15-33,34-16-20-36(51-7)21-17-34)35-18-22-37(52-8)23-19-35/h1,10-12,14-23,27,29-30,38-40H,13,25-26,28H2,2-8H3,(H,45,46,49,50)/t38-,39+,40+,57?/m0/s1. The second-order valence-electron chi connectivity index (χ2n) is 13.9. The van der Waals surface area contributed by atoms with Crippen molar-refractivity contribution in [2.24, 2.45) is 0 Å². The summed E-state index contributed by atoms with van der Waals surface area (Å²) in [5, 5.41) is 11.9. The van der Waals surface area contributed by atoms with Crippen LogP contribution in [-0.2, 0) is 28.9 Å². The fourth-order valence-corrected chi connectivity index (χ4v) is 8.62. The van der Waals surface area contributed by atoms with Gasteiger partial charge in [0.15, 0.2) is 5.82 Å². The van der Waals surface area contributed by atoms with Crippen LogP contribution in [0.1, 0.15) is 75.9 Å². The van der Waals surface area contributed by atoms with Gasteiger partial charge in [0.1, 0.15) is 29.4 Å². The third-order valence-electron chi connectivity index (χ3n) is 9.42. The number of nitrogens with one attached hydrogen (secondary N) is 1. The summed E-state index contributed by atoms with van der Waals surface area (Å²) in [7, 11) is 1.52. The normalized spacial score (nSPS) is 17.3. The minimum Gasteiger partial charge on any atom is -0.497 e. The quantitative estimate of drug-likeness (QED) is 0.0474. The van der Waals surface area contributed by atoms with Crippen molar-refractivity contribution in [2.45, 2.75) is 83.6 Å². The molecule has 1 aromatic heterocycles. The molecule has 0 saturated carbocycles. The first-order valence-electron chi connectivity index (χ1n) is 18.7. The van der Waals surface area contributed by atoms with Crippen molar-refractivity contribution >= 4 is 20.3 Å². The predicted molar refractivity (Wildman–Crippen MR) is 218 cm³/mol. The number of rotatable bonds is 18. The highest BCUT2D eigenvalue weighted by molar-refractivity contribution is 7.44. The number of benzene rings is 3. The SMILES string of the molecule is C#Cc1cn([C@H]2C[C@H](OP(OCCC#N)N(C(C)C)C(C)C)[C@@H](COC(c3ccccc3)(c3ccc(OC)cc3)c3ccc(OC)cc3)O2)c(=O)nc1NC(C)=O. The van der Waals surface area contributed by atoms with Crippen molar-refractivity contribution in [1.29, 1.82) is 5.26 Å². The van der Waals surface area contributed by atoms with E-state index in [1.54, 1.807) is 14.2 Å². The summed E-state index contributed by atoms with van der Waals surface area (Å²) < 4.78 is 41.7. The predicted octanol–water partition coefficient (Wildman–Crippen LogP) is 7.16. The number of hydrogen-bond acceptors (Lipinski definition) is 11. The minimum atomic E-state index is -1.72. The van der Waals surface area contributed by atoms with Crippen molar-refractivity contribution < 1.29 is 32.8 Å². The highest BCUT2D eigenvalue weighted by Crippen LogP contribution is 2.50. The average molecular weight is 796 g/mol. The van der Waals surface area contributed by atoms with E-state index in [0.29, 0.717) is 11.5 Å². The number of ether oxygens (including phenoxy) is 4. The van der Waals surface area contributed by atoms with Crippen molar-refractivity contribution in [3.63, 3.8) is 0 Å². The fraction of sp³-hybridized carbons (Fsp3) is 0.395. The average Bonchev–Trinajstić information content (AvgIpc) is 3.60. The number of hydrogen-bond donors (Lipinski definition) is 1. The molecule has 57 heavy (non-hydrogen) atoms. The van der Waals surface area contributed by atoms with Crippen LogP contribution in [0.4, 0.5) is 5.82 Å². The molecule has 0 spiro atoms. The van der Waals surface area contributed by atoms with Gasteiger partial charge in [-0.1, -0.05) is 60.5 Å². The monoisotopic (exact) mass is 795 g/mol. The lowest BCUT2D eigenvalue weighted by atomic mass is 9.80. The molecule has 4 atom stereocenters. The van der Waals surface area contributed by atoms with Gasteiger partial charge in [-0.15, -0.1) is 6.42 Å². The molecule has 1 aliphatic heterocycles. The molecular formula is C43H50N5O8P. The molecule has 0 bridgehead atoms. The molecule has 300 valence electrons. The van der Waals surface area contributed by atoms with Crippen molar-refractivity contribution in [1.82, 2.24) is 14.2 Å². The summed E-state index contributed by atoms with van der Waals surface area (Å²) in [5.41, 5.74) is 0.876. The summed E-state index contributed by atoms with van der Waals surface area (Å²) >= 11 is 0. The number of terminal acetylenes is 1. The van der Waals surface area contributed by atoms with Crippen molar-refractivity contribution in [2.75, 3.05) is 32.8 Å². The topological polar surface area (TPSA) is 146 Å². The van der Waals surface area contributed by atoms with E-state index in [-0.39, 0.29) is 49.5 Å². The Labute approximate surface area is 335 Å². The molecule has 4 aromatic rings. The van der Waals surface area contributed by atoms with Gasteiger partial charge in [-0.05, 0) is 68.7 Å². The molecule has 1 aliphatic rings. The van der Waals surface area contributed by atoms with Crippen molar-refractivity contribution in [3.8, 4) is 29.9 Å². The van der Waals surface area contributed by atoms with Gasteiger partial charge in [-0.2, -0.15) is 10.2 Å². The molecule has 1 saturated heterocycles. The second kappa shape index (κ2) is 19.8. The number of carbonyl (C=O) groups excluding carboxylic acids is 1. The van der Waals surface area contributed by atoms with Crippen LogP contribution in [0.2, 0.25) is 0 Å². The van der Waals surface area contributed by atoms with E-state index in [0.717, 1.165) is 16.7 Å². The molecule has 1 amide bonds. The van der Waals surface area contributed by atoms with E-state index >= 15 is 0 Å². The van der Waals surface area contributed by atoms with Gasteiger partial charge in [0.25, 0.3) is 8.53 Å². The van der Waals surface area contributed by atoms with E-state index in [4.69, 9.17) is 34.4 Å². The van der Waals surface area contributed by atoms with Gasteiger partial charge >= 0.3 is 5.69 Å². The smallest absolute Gasteiger partial charge is 0.351 e. The van der Waals surface area contributed by atoms with Crippen LogP contribution in [-0.4, -0.2) is 71.9 Å². The van der Waals surface area contributed by atoms with Crippen LogP contribution in [0.15, 0.2) is 89.9 Å². The zero-order chi connectivity index (χ0) is 41.1. The second-order valence-corrected chi connectivity index (χ2v) is 15.3. The lowest BCUT2D eigenvalue weighted by molar-refractivity contribution is -0.114. The van der Waals surface area contributed by atoms with Gasteiger partial charge in [-0.3, -0.25) is 9.36 Å². The van der Waals surface area contributed by atoms with E-state index in [2.05, 4.69) is 54.7 Å². The Bertz CT molecular complexity index is 2020. The molecule has 1 unspecified atom stereocenters. The van der Waals surface area contributed by atoms with Gasteiger partial charge in [0.2, 0.25) is 5.91 Å². The van der Waals surface area contributed by atoms with E-state index in [9.17, 15) is 14.9 Å². The number of methoxy groups -OCH3 is 2. The van der Waals surface area contributed by atoms with Crippen molar-refractivity contribution in [3.05, 3.63) is 118 Å². The number of nitrogens with zero attached hydrogens (tertiary/aromatic N) is 4. The maximum absolute atomic E-state index is 13.6. The van der Waals surface area contributed by atoms with E-state index in [1.165, 1.54) is 17.7 Å². The summed E-state index contributed by atoms with van der Waals surface area (Å²) in [6.45, 7) is 9.70. The van der Waals surface area contributed by atoms with E-state index < -0.39 is 44.2 Å². The first-order valence-corrected chi connectivity index (χ1v) is 19.8. The molecule has 0 radical (unpaired) electrons. The van der Waals surface area contributed by atoms with E-state index in [1.807, 2.05) is 78.9 Å². The molecule has 1 N–H and O–H groups in total. The molecular weight excluding hydrogens is 745 g/mol. The zero-order valence-electron chi connectivity index (χ0n) is 33.4. The summed E-state index contributed by atoms with van der Waals surface area (Å²) in [6, 6.07) is 27.5. The first kappa shape index (κ1) is 43.0. The summed E-state index contributed by atoms with van der Waals surface area (Å²) in [6.07, 6.45) is 5.35. The van der Waals surface area contributed by atoms with Gasteiger partial charge in [-0.25, -0.2) is 9.46 Å². The Morgan fingerprint density at radius 1 is 1.00 bits per heavy atom. The minimum absolute atomic E-state index is 0.00695. The third-order valence-corrected chi connectivity index (χ3v) is 11.6. The zero-order valence-corrected chi connectivity index (χ0v) is 34.3. The molecule has 1 fully saturated rings. The molecule has 14 heteroatoms. The Morgan fingerprint density at radius 3 is 2.09 bits per heavy atom. The van der Waals surface area contributed by atoms with Gasteiger partial charge in [0.05, 0.1) is 51.6 Å². The first-order chi connectivity index (χ1) is 27.4. The van der Waals surface area contributed by atoms with Crippen LogP contribution in [0.3, 0.4) is 0 Å². The molecule has 5 rings (SSSR count). The lowest BCUT2D eigenvalue weighted by Crippen LogP contribution is -2.39. The third kappa shape index (κ3) is 10.1. The van der Waals surface area contributed by atoms with Crippen LogP contribution in [0, 0.1) is 23.7 Å². The Hall–Kier alpha value is -5.11. The number of carbonyl (C=O) groups is 1. The number of aromatic nitrogens is 2. The lowest BCUT2D eigenvalue weighted by Gasteiger charge is -2.39. The van der Waals surface area contributed by atoms with Crippen LogP contribution >= 0.6 is 8.53 Å². The summed E-state index contributed by atoms with van der Waals surface area (Å²) in [5.74, 6) is 3.46. The van der Waals surface area contributed by atoms with Gasteiger partial charge < -0.3 is 33.3 Å². The van der Waals surface area contributed by atoms with Crippen LogP contribution in [0.5, 0.6) is 11.5 Å². The molecule has 13 nitrogen and oxygen atoms in total. The molecule has 0 aliphatic carbocycles.